The van der Waals surface area contributed by atoms with Crippen molar-refractivity contribution in [2.75, 3.05) is 13.1 Å². The van der Waals surface area contributed by atoms with Crippen LogP contribution < -0.4 is 0 Å². The molecule has 2 aliphatic rings. The van der Waals surface area contributed by atoms with E-state index >= 15 is 0 Å². The maximum absolute atomic E-state index is 11.9. The van der Waals surface area contributed by atoms with Crippen LogP contribution in [-0.4, -0.2) is 40.1 Å². The molecular weight excluding hydrogens is 292 g/mol. The number of likely N-dealkylation sites (tertiary alicyclic amines) is 1. The summed E-state index contributed by atoms with van der Waals surface area (Å²) in [6.07, 6.45) is 4.39. The molecule has 3 heterocycles. The van der Waals surface area contributed by atoms with Crippen molar-refractivity contribution in [1.29, 1.82) is 0 Å². The van der Waals surface area contributed by atoms with Gasteiger partial charge in [0, 0.05) is 19.2 Å². The van der Waals surface area contributed by atoms with Gasteiger partial charge in [0.2, 0.25) is 0 Å². The van der Waals surface area contributed by atoms with Gasteiger partial charge in [-0.2, -0.15) is 4.99 Å². The first kappa shape index (κ1) is 13.9. The van der Waals surface area contributed by atoms with Crippen molar-refractivity contribution in [2.45, 2.75) is 12.8 Å². The number of aliphatic imine (C=N–C) groups is 1. The minimum Gasteiger partial charge on any atom is -0.481 e. The van der Waals surface area contributed by atoms with Crippen LogP contribution in [0.1, 0.15) is 18.6 Å². The summed E-state index contributed by atoms with van der Waals surface area (Å²) in [7, 11) is 0. The third-order valence-corrected chi connectivity index (χ3v) is 4.58. The van der Waals surface area contributed by atoms with Crippen LogP contribution in [0.4, 0.5) is 0 Å². The summed E-state index contributed by atoms with van der Waals surface area (Å²) < 4.78 is 5.19. The van der Waals surface area contributed by atoms with E-state index in [4.69, 9.17) is 9.52 Å². The Kier molecular flexibility index (Phi) is 3.83. The normalized spacial score (nSPS) is 21.9. The van der Waals surface area contributed by atoms with E-state index in [0.717, 1.165) is 0 Å². The number of furan rings is 1. The monoisotopic (exact) mass is 306 g/mol. The van der Waals surface area contributed by atoms with E-state index < -0.39 is 5.97 Å². The van der Waals surface area contributed by atoms with Crippen molar-refractivity contribution in [1.82, 2.24) is 4.90 Å². The van der Waals surface area contributed by atoms with E-state index in [0.29, 0.717) is 41.8 Å². The molecule has 1 saturated heterocycles. The van der Waals surface area contributed by atoms with Crippen LogP contribution in [0, 0.1) is 5.92 Å². The van der Waals surface area contributed by atoms with Gasteiger partial charge in [0.15, 0.2) is 5.17 Å². The molecule has 1 fully saturated rings. The fraction of sp³-hybridized carbons (Fsp3) is 0.357. The van der Waals surface area contributed by atoms with E-state index in [1.807, 2.05) is 4.90 Å². The van der Waals surface area contributed by atoms with Crippen molar-refractivity contribution < 1.29 is 19.1 Å². The number of aliphatic carboxylic acids is 1. The Balaban J connectivity index is 1.65. The first-order chi connectivity index (χ1) is 10.1. The number of carboxylic acids is 1. The molecule has 1 N–H and O–H groups in total. The Morgan fingerprint density at radius 2 is 2.24 bits per heavy atom. The van der Waals surface area contributed by atoms with Gasteiger partial charge in [-0.1, -0.05) is 0 Å². The maximum Gasteiger partial charge on any atom is 0.306 e. The number of amidine groups is 1. The quantitative estimate of drug-likeness (QED) is 0.842. The van der Waals surface area contributed by atoms with Crippen LogP contribution in [0.2, 0.25) is 0 Å². The van der Waals surface area contributed by atoms with E-state index in [2.05, 4.69) is 4.99 Å². The molecule has 2 aliphatic heterocycles. The summed E-state index contributed by atoms with van der Waals surface area (Å²) in [5, 5.41) is 9.64. The first-order valence-corrected chi connectivity index (χ1v) is 7.49. The van der Waals surface area contributed by atoms with Crippen LogP contribution in [0.3, 0.4) is 0 Å². The van der Waals surface area contributed by atoms with Gasteiger partial charge in [-0.3, -0.25) is 9.59 Å². The largest absolute Gasteiger partial charge is 0.481 e. The number of rotatable bonds is 2. The molecule has 0 atom stereocenters. The molecule has 3 rings (SSSR count). The molecule has 0 saturated carbocycles. The smallest absolute Gasteiger partial charge is 0.306 e. The molecule has 110 valence electrons. The molecule has 0 bridgehead atoms. The van der Waals surface area contributed by atoms with Crippen molar-refractivity contribution in [3.8, 4) is 0 Å². The van der Waals surface area contributed by atoms with Gasteiger partial charge in [0.05, 0.1) is 17.1 Å². The number of piperidine rings is 1. The zero-order valence-corrected chi connectivity index (χ0v) is 12.0. The molecule has 1 amide bonds. The minimum absolute atomic E-state index is 0.272. The van der Waals surface area contributed by atoms with E-state index in [1.54, 1.807) is 24.5 Å². The highest BCUT2D eigenvalue weighted by Gasteiger charge is 2.31. The summed E-state index contributed by atoms with van der Waals surface area (Å²) in [5.74, 6) is -0.689. The number of hydrogen-bond donors (Lipinski definition) is 1. The minimum atomic E-state index is -0.745. The summed E-state index contributed by atoms with van der Waals surface area (Å²) in [5.41, 5.74) is 0. The highest BCUT2D eigenvalue weighted by molar-refractivity contribution is 8.18. The van der Waals surface area contributed by atoms with Crippen molar-refractivity contribution in [3.63, 3.8) is 0 Å². The maximum atomic E-state index is 11.9. The number of carbonyl (C=O) groups excluding carboxylic acids is 1. The van der Waals surface area contributed by atoms with Crippen LogP contribution in [0.15, 0.2) is 32.7 Å². The standard InChI is InChI=1S/C14H14N2O4S/c17-12-11(8-10-2-1-7-20-10)21-14(15-12)16-5-3-9(4-6-16)13(18)19/h1-2,7-9H,3-6H2,(H,18,19)/b11-8+. The summed E-state index contributed by atoms with van der Waals surface area (Å²) in [6, 6.07) is 3.53. The molecule has 0 unspecified atom stereocenters. The van der Waals surface area contributed by atoms with Crippen LogP contribution in [0.5, 0.6) is 0 Å². The van der Waals surface area contributed by atoms with E-state index in [1.165, 1.54) is 11.8 Å². The number of hydrogen-bond acceptors (Lipinski definition) is 5. The average Bonchev–Trinajstić information content (AvgIpc) is 3.10. The predicted octanol–water partition coefficient (Wildman–Crippen LogP) is 2.05. The Hall–Kier alpha value is -2.02. The second-order valence-corrected chi connectivity index (χ2v) is 5.93. The molecular formula is C14H14N2O4S. The molecule has 1 aromatic heterocycles. The zero-order valence-electron chi connectivity index (χ0n) is 11.2. The molecule has 0 radical (unpaired) electrons. The fourth-order valence-corrected chi connectivity index (χ4v) is 3.30. The molecule has 0 aliphatic carbocycles. The average molecular weight is 306 g/mol. The number of thioether (sulfide) groups is 1. The third kappa shape index (κ3) is 3.02. The lowest BCUT2D eigenvalue weighted by Crippen LogP contribution is -2.38. The van der Waals surface area contributed by atoms with Gasteiger partial charge in [-0.15, -0.1) is 0 Å². The second kappa shape index (κ2) is 5.77. The molecule has 0 aromatic carbocycles. The van der Waals surface area contributed by atoms with Crippen LogP contribution in [-0.2, 0) is 9.59 Å². The summed E-state index contributed by atoms with van der Waals surface area (Å²) in [4.78, 5) is 29.4. The van der Waals surface area contributed by atoms with Crippen molar-refractivity contribution in [3.05, 3.63) is 29.1 Å². The number of nitrogens with zero attached hydrogens (tertiary/aromatic N) is 2. The highest BCUT2D eigenvalue weighted by Crippen LogP contribution is 2.32. The lowest BCUT2D eigenvalue weighted by molar-refractivity contribution is -0.143. The van der Waals surface area contributed by atoms with E-state index in [9.17, 15) is 9.59 Å². The molecule has 7 heteroatoms. The van der Waals surface area contributed by atoms with Gasteiger partial charge < -0.3 is 14.4 Å². The van der Waals surface area contributed by atoms with Gasteiger partial charge in [-0.05, 0) is 36.7 Å². The summed E-state index contributed by atoms with van der Waals surface area (Å²) >= 11 is 1.31. The lowest BCUT2D eigenvalue weighted by atomic mass is 9.98. The third-order valence-electron chi connectivity index (χ3n) is 3.54. The van der Waals surface area contributed by atoms with Gasteiger partial charge in [0.1, 0.15) is 5.76 Å². The number of carboxylic acid groups (broad SMARTS) is 1. The predicted molar refractivity (Wildman–Crippen MR) is 78.7 cm³/mol. The Morgan fingerprint density at radius 3 is 2.86 bits per heavy atom. The topological polar surface area (TPSA) is 83.1 Å². The van der Waals surface area contributed by atoms with Gasteiger partial charge in [0.25, 0.3) is 5.91 Å². The molecule has 6 nitrogen and oxygen atoms in total. The summed E-state index contributed by atoms with van der Waals surface area (Å²) in [6.45, 7) is 1.23. The molecule has 1 aromatic rings. The second-order valence-electron chi connectivity index (χ2n) is 4.93. The number of amides is 1. The molecule has 21 heavy (non-hydrogen) atoms. The van der Waals surface area contributed by atoms with Gasteiger partial charge >= 0.3 is 5.97 Å². The Labute approximate surface area is 125 Å². The first-order valence-electron chi connectivity index (χ1n) is 6.67. The Bertz CT molecular complexity index is 613. The lowest BCUT2D eigenvalue weighted by Gasteiger charge is -2.30. The van der Waals surface area contributed by atoms with Crippen LogP contribution >= 0.6 is 11.8 Å². The number of carbonyl (C=O) groups is 2. The highest BCUT2D eigenvalue weighted by atomic mass is 32.2. The van der Waals surface area contributed by atoms with Gasteiger partial charge in [-0.25, -0.2) is 0 Å². The molecule has 0 spiro atoms. The zero-order chi connectivity index (χ0) is 14.8. The van der Waals surface area contributed by atoms with E-state index in [-0.39, 0.29) is 11.8 Å². The fourth-order valence-electron chi connectivity index (χ4n) is 2.35. The SMILES string of the molecule is O=C1N=C(N2CCC(C(=O)O)CC2)S/C1=C/c1ccco1. The Morgan fingerprint density at radius 1 is 1.48 bits per heavy atom. The van der Waals surface area contributed by atoms with Crippen molar-refractivity contribution in [2.24, 2.45) is 10.9 Å². The van der Waals surface area contributed by atoms with Crippen LogP contribution in [0.25, 0.3) is 6.08 Å². The van der Waals surface area contributed by atoms with Crippen molar-refractivity contribution >= 4 is 34.9 Å².